The number of thiazole rings is 1. The van der Waals surface area contributed by atoms with Crippen LogP contribution in [0.2, 0.25) is 0 Å². The van der Waals surface area contributed by atoms with E-state index in [4.69, 9.17) is 0 Å². The Morgan fingerprint density at radius 3 is 2.65 bits per heavy atom. The van der Waals surface area contributed by atoms with Crippen molar-refractivity contribution in [1.82, 2.24) is 4.98 Å². The number of nitrogens with one attached hydrogen (secondary N) is 1. The van der Waals surface area contributed by atoms with Crippen LogP contribution in [-0.2, 0) is 11.2 Å². The van der Waals surface area contributed by atoms with Crippen molar-refractivity contribution in [2.45, 2.75) is 6.42 Å². The van der Waals surface area contributed by atoms with Crippen molar-refractivity contribution >= 4 is 22.9 Å². The molecule has 0 fully saturated rings. The second-order valence-electron chi connectivity index (χ2n) is 4.92. The maximum Gasteiger partial charge on any atom is 0.231 e. The van der Waals surface area contributed by atoms with Crippen LogP contribution in [0.4, 0.5) is 5.69 Å². The fourth-order valence-corrected chi connectivity index (χ4v) is 2.91. The topological polar surface area (TPSA) is 82.5 Å². The molecule has 0 saturated carbocycles. The fourth-order valence-electron chi connectivity index (χ4n) is 2.12. The third kappa shape index (κ3) is 3.67. The molecule has 3 rings (SSSR count). The highest BCUT2D eigenvalue weighted by Gasteiger charge is 2.12. The first kappa shape index (κ1) is 15.1. The van der Waals surface area contributed by atoms with Crippen molar-refractivity contribution in [3.05, 3.63) is 58.9 Å². The number of anilines is 1. The van der Waals surface area contributed by atoms with Crippen molar-refractivity contribution in [2.24, 2.45) is 0 Å². The zero-order valence-corrected chi connectivity index (χ0v) is 12.9. The minimum absolute atomic E-state index is 0.0102. The van der Waals surface area contributed by atoms with Gasteiger partial charge in [0.05, 0.1) is 12.1 Å². The number of aromatic nitrogens is 1. The van der Waals surface area contributed by atoms with Gasteiger partial charge in [-0.2, -0.15) is 0 Å². The van der Waals surface area contributed by atoms with Gasteiger partial charge in [-0.05, 0) is 24.3 Å². The third-order valence-electron chi connectivity index (χ3n) is 3.18. The molecule has 2 aromatic carbocycles. The summed E-state index contributed by atoms with van der Waals surface area (Å²) in [6.07, 6.45) is 0.165. The first-order valence-corrected chi connectivity index (χ1v) is 7.81. The van der Waals surface area contributed by atoms with Crippen LogP contribution in [-0.4, -0.2) is 21.1 Å². The molecule has 1 amide bonds. The number of hydrogen-bond donors (Lipinski definition) is 3. The number of phenolic OH excluding ortho intramolecular Hbond substituents is 2. The van der Waals surface area contributed by atoms with E-state index in [-0.39, 0.29) is 23.8 Å². The fraction of sp³-hybridized carbons (Fsp3) is 0.0588. The summed E-state index contributed by atoms with van der Waals surface area (Å²) in [6, 6.07) is 13.6. The van der Waals surface area contributed by atoms with Crippen molar-refractivity contribution in [3.8, 4) is 22.8 Å². The summed E-state index contributed by atoms with van der Waals surface area (Å²) < 4.78 is 0. The minimum Gasteiger partial charge on any atom is -0.508 e. The Bertz CT molecular complexity index is 831. The molecule has 0 bridgehead atoms. The molecule has 0 aliphatic heterocycles. The molecule has 0 aliphatic carbocycles. The van der Waals surface area contributed by atoms with E-state index in [0.29, 0.717) is 16.3 Å². The molecule has 3 aromatic rings. The number of carbonyl (C=O) groups excluding carboxylic acids is 1. The quantitative estimate of drug-likeness (QED) is 0.686. The maximum atomic E-state index is 12.0. The third-order valence-corrected chi connectivity index (χ3v) is 4.03. The highest BCUT2D eigenvalue weighted by Crippen LogP contribution is 2.32. The van der Waals surface area contributed by atoms with Crippen molar-refractivity contribution in [2.75, 3.05) is 5.32 Å². The molecule has 5 nitrogen and oxygen atoms in total. The molecule has 1 aromatic heterocycles. The Morgan fingerprint density at radius 1 is 1.13 bits per heavy atom. The highest BCUT2D eigenvalue weighted by atomic mass is 32.1. The molecule has 0 spiro atoms. The van der Waals surface area contributed by atoms with E-state index in [1.54, 1.807) is 11.4 Å². The smallest absolute Gasteiger partial charge is 0.231 e. The first-order valence-electron chi connectivity index (χ1n) is 6.93. The summed E-state index contributed by atoms with van der Waals surface area (Å²) in [5.41, 5.74) is 1.84. The summed E-state index contributed by atoms with van der Waals surface area (Å²) in [4.78, 5) is 16.4. The Kier molecular flexibility index (Phi) is 4.25. The standard InChI is InChI=1S/C17H14N2O3S/c20-12-6-7-13(15(21)8-12)14-10-23-17(19-14)9-16(22)18-11-4-2-1-3-5-11/h1-8,10,20-21H,9H2,(H,18,22). The van der Waals surface area contributed by atoms with Crippen molar-refractivity contribution < 1.29 is 15.0 Å². The van der Waals surface area contributed by atoms with Crippen LogP contribution in [0.25, 0.3) is 11.3 Å². The minimum atomic E-state index is -0.146. The SMILES string of the molecule is O=C(Cc1nc(-c2ccc(O)cc2O)cs1)Nc1ccccc1. The zero-order valence-electron chi connectivity index (χ0n) is 12.1. The molecule has 0 unspecified atom stereocenters. The van der Waals surface area contributed by atoms with Gasteiger partial charge in [0.2, 0.25) is 5.91 Å². The number of amides is 1. The summed E-state index contributed by atoms with van der Waals surface area (Å²) in [6.45, 7) is 0. The summed E-state index contributed by atoms with van der Waals surface area (Å²) in [7, 11) is 0. The van der Waals surface area contributed by atoms with E-state index in [9.17, 15) is 15.0 Å². The molecular formula is C17H14N2O3S. The number of para-hydroxylation sites is 1. The number of hydrogen-bond acceptors (Lipinski definition) is 5. The lowest BCUT2D eigenvalue weighted by Gasteiger charge is -2.03. The molecule has 0 radical (unpaired) electrons. The zero-order chi connectivity index (χ0) is 16.2. The van der Waals surface area contributed by atoms with Gasteiger partial charge in [-0.25, -0.2) is 4.98 Å². The normalized spacial score (nSPS) is 10.4. The number of rotatable bonds is 4. The van der Waals surface area contributed by atoms with Gasteiger partial charge in [0.25, 0.3) is 0 Å². The van der Waals surface area contributed by atoms with Gasteiger partial charge in [-0.3, -0.25) is 4.79 Å². The monoisotopic (exact) mass is 326 g/mol. The van der Waals surface area contributed by atoms with E-state index in [1.807, 2.05) is 30.3 Å². The van der Waals surface area contributed by atoms with Crippen molar-refractivity contribution in [3.63, 3.8) is 0 Å². The van der Waals surface area contributed by atoms with E-state index < -0.39 is 0 Å². The number of nitrogens with zero attached hydrogens (tertiary/aromatic N) is 1. The van der Waals surface area contributed by atoms with E-state index in [1.165, 1.54) is 23.5 Å². The largest absolute Gasteiger partial charge is 0.508 e. The second kappa shape index (κ2) is 6.50. The molecule has 0 saturated heterocycles. The van der Waals surface area contributed by atoms with Gasteiger partial charge in [-0.15, -0.1) is 11.3 Å². The molecular weight excluding hydrogens is 312 g/mol. The van der Waals surface area contributed by atoms with Gasteiger partial charge in [0.1, 0.15) is 16.5 Å². The Morgan fingerprint density at radius 2 is 1.91 bits per heavy atom. The molecule has 23 heavy (non-hydrogen) atoms. The van der Waals surface area contributed by atoms with E-state index in [2.05, 4.69) is 10.3 Å². The Labute approximate surface area is 136 Å². The van der Waals surface area contributed by atoms with Crippen LogP contribution in [0.5, 0.6) is 11.5 Å². The predicted octanol–water partition coefficient (Wildman–Crippen LogP) is 3.40. The summed E-state index contributed by atoms with van der Waals surface area (Å²) >= 11 is 1.35. The number of benzene rings is 2. The highest BCUT2D eigenvalue weighted by molar-refractivity contribution is 7.10. The van der Waals surface area contributed by atoms with Gasteiger partial charge < -0.3 is 15.5 Å². The lowest BCUT2D eigenvalue weighted by Crippen LogP contribution is -2.14. The summed E-state index contributed by atoms with van der Waals surface area (Å²) in [5, 5.41) is 24.4. The molecule has 116 valence electrons. The Hall–Kier alpha value is -2.86. The average molecular weight is 326 g/mol. The van der Waals surface area contributed by atoms with Crippen LogP contribution in [0.1, 0.15) is 5.01 Å². The number of carbonyl (C=O) groups is 1. The molecule has 6 heteroatoms. The van der Waals surface area contributed by atoms with Crippen LogP contribution >= 0.6 is 11.3 Å². The van der Waals surface area contributed by atoms with Gasteiger partial charge >= 0.3 is 0 Å². The molecule has 1 heterocycles. The van der Waals surface area contributed by atoms with E-state index >= 15 is 0 Å². The Balaban J connectivity index is 1.71. The van der Waals surface area contributed by atoms with Gasteiger partial charge in [-0.1, -0.05) is 18.2 Å². The van der Waals surface area contributed by atoms with E-state index in [0.717, 1.165) is 5.69 Å². The summed E-state index contributed by atoms with van der Waals surface area (Å²) in [5.74, 6) is -0.202. The molecule has 0 aliphatic rings. The lowest BCUT2D eigenvalue weighted by atomic mass is 10.1. The maximum absolute atomic E-state index is 12.0. The number of aromatic hydroxyl groups is 2. The average Bonchev–Trinajstić information content (AvgIpc) is 2.96. The van der Waals surface area contributed by atoms with Crippen LogP contribution in [0, 0.1) is 0 Å². The van der Waals surface area contributed by atoms with Crippen LogP contribution in [0.3, 0.4) is 0 Å². The number of phenols is 2. The van der Waals surface area contributed by atoms with Gasteiger partial charge in [0, 0.05) is 22.7 Å². The van der Waals surface area contributed by atoms with Crippen LogP contribution < -0.4 is 5.32 Å². The molecule has 3 N–H and O–H groups in total. The second-order valence-corrected chi connectivity index (χ2v) is 5.86. The molecule has 0 atom stereocenters. The predicted molar refractivity (Wildman–Crippen MR) is 89.7 cm³/mol. The van der Waals surface area contributed by atoms with Gasteiger partial charge in [0.15, 0.2) is 0 Å². The lowest BCUT2D eigenvalue weighted by molar-refractivity contribution is -0.115. The first-order chi connectivity index (χ1) is 11.1. The van der Waals surface area contributed by atoms with Crippen LogP contribution in [0.15, 0.2) is 53.9 Å². The van der Waals surface area contributed by atoms with Crippen molar-refractivity contribution in [1.29, 1.82) is 0 Å².